The average molecular weight is 327 g/mol. The van der Waals surface area contributed by atoms with Crippen molar-refractivity contribution in [3.8, 4) is 0 Å². The van der Waals surface area contributed by atoms with E-state index in [1.807, 2.05) is 0 Å². The monoisotopic (exact) mass is 326 g/mol. The third-order valence-corrected chi connectivity index (χ3v) is 3.62. The molecule has 0 aliphatic heterocycles. The summed E-state index contributed by atoms with van der Waals surface area (Å²) >= 11 is 11.7. The van der Waals surface area contributed by atoms with Crippen molar-refractivity contribution in [2.45, 2.75) is 5.60 Å². The summed E-state index contributed by atoms with van der Waals surface area (Å²) in [6.07, 6.45) is 0. The molecule has 21 heavy (non-hydrogen) atoms. The lowest BCUT2D eigenvalue weighted by atomic mass is 9.86. The van der Waals surface area contributed by atoms with Gasteiger partial charge >= 0.3 is 5.97 Å². The van der Waals surface area contributed by atoms with Crippen LogP contribution in [0.25, 0.3) is 0 Å². The van der Waals surface area contributed by atoms with Crippen LogP contribution in [0.15, 0.2) is 48.5 Å². The summed E-state index contributed by atoms with van der Waals surface area (Å²) in [5.74, 6) is -0.769. The van der Waals surface area contributed by atoms with Crippen molar-refractivity contribution in [2.24, 2.45) is 0 Å². The minimum absolute atomic E-state index is 0.378. The zero-order valence-corrected chi connectivity index (χ0v) is 12.6. The van der Waals surface area contributed by atoms with E-state index < -0.39 is 11.6 Å². The van der Waals surface area contributed by atoms with Gasteiger partial charge in [-0.05, 0) is 24.3 Å². The van der Waals surface area contributed by atoms with Gasteiger partial charge in [-0.25, -0.2) is 14.9 Å². The number of hydrogen-bond acceptors (Lipinski definition) is 4. The van der Waals surface area contributed by atoms with Crippen LogP contribution in [0.3, 0.4) is 0 Å². The van der Waals surface area contributed by atoms with E-state index in [1.54, 1.807) is 48.5 Å². The molecule has 0 spiro atoms. The predicted octanol–water partition coefficient (Wildman–Crippen LogP) is 3.90. The number of esters is 1. The topological polar surface area (TPSA) is 55.8 Å². The average Bonchev–Trinajstić information content (AvgIpc) is 2.51. The second kappa shape index (κ2) is 6.45. The lowest BCUT2D eigenvalue weighted by molar-refractivity contribution is -0.310. The highest BCUT2D eigenvalue weighted by atomic mass is 35.5. The summed E-state index contributed by atoms with van der Waals surface area (Å²) in [5.41, 5.74) is -1.05. The van der Waals surface area contributed by atoms with Gasteiger partial charge in [-0.1, -0.05) is 47.5 Å². The molecular weight excluding hydrogens is 315 g/mol. The van der Waals surface area contributed by atoms with Gasteiger partial charge in [0.25, 0.3) is 0 Å². The quantitative estimate of drug-likeness (QED) is 0.526. The summed E-state index contributed by atoms with van der Waals surface area (Å²) < 4.78 is 4.79. The molecular formula is C15H12Cl2O4. The fourth-order valence-electron chi connectivity index (χ4n) is 2.06. The Kier molecular flexibility index (Phi) is 4.85. The highest BCUT2D eigenvalue weighted by molar-refractivity contribution is 6.30. The molecule has 2 rings (SSSR count). The largest absolute Gasteiger partial charge is 0.466 e. The van der Waals surface area contributed by atoms with Crippen LogP contribution >= 0.6 is 23.2 Å². The van der Waals surface area contributed by atoms with Crippen LogP contribution in [0.1, 0.15) is 11.1 Å². The Morgan fingerprint density at radius 1 is 0.952 bits per heavy atom. The first-order chi connectivity index (χ1) is 10.0. The highest BCUT2D eigenvalue weighted by Crippen LogP contribution is 2.35. The van der Waals surface area contributed by atoms with Gasteiger partial charge in [0.05, 0.1) is 7.11 Å². The fourth-order valence-corrected chi connectivity index (χ4v) is 2.31. The number of ether oxygens (including phenoxy) is 1. The molecule has 0 unspecified atom stereocenters. The molecule has 0 bridgehead atoms. The minimum Gasteiger partial charge on any atom is -0.466 e. The molecule has 0 fully saturated rings. The Bertz CT molecular complexity index is 578. The van der Waals surface area contributed by atoms with Gasteiger partial charge in [0.1, 0.15) is 0 Å². The summed E-state index contributed by atoms with van der Waals surface area (Å²) in [7, 11) is 1.21. The van der Waals surface area contributed by atoms with E-state index in [9.17, 15) is 10.1 Å². The van der Waals surface area contributed by atoms with Crippen molar-refractivity contribution in [1.82, 2.24) is 0 Å². The van der Waals surface area contributed by atoms with Crippen LogP contribution in [0.4, 0.5) is 0 Å². The molecule has 0 aliphatic carbocycles. The third kappa shape index (κ3) is 2.89. The van der Waals surface area contributed by atoms with Gasteiger partial charge in [-0.3, -0.25) is 0 Å². The lowest BCUT2D eigenvalue weighted by Gasteiger charge is -2.28. The Labute approximate surface area is 131 Å². The first kappa shape index (κ1) is 15.8. The Morgan fingerprint density at radius 3 is 1.62 bits per heavy atom. The zero-order chi connectivity index (χ0) is 15.5. The second-order valence-electron chi connectivity index (χ2n) is 4.28. The van der Waals surface area contributed by atoms with Crippen molar-refractivity contribution in [3.05, 3.63) is 69.7 Å². The standard InChI is InChI=1S/C15H12Cl2O4/c1-20-14(18)15(21-19,10-2-6-12(16)7-3-10)11-4-8-13(17)9-5-11/h2-9,19H,1H3. The maximum absolute atomic E-state index is 12.3. The van der Waals surface area contributed by atoms with Gasteiger partial charge in [0.2, 0.25) is 5.60 Å². The first-order valence-corrected chi connectivity index (χ1v) is 6.73. The number of methoxy groups -OCH3 is 1. The van der Waals surface area contributed by atoms with Crippen LogP contribution in [0.5, 0.6) is 0 Å². The Balaban J connectivity index is 2.66. The van der Waals surface area contributed by atoms with Crippen LogP contribution in [-0.4, -0.2) is 18.3 Å². The molecule has 0 aromatic heterocycles. The van der Waals surface area contributed by atoms with E-state index in [1.165, 1.54) is 7.11 Å². The number of benzene rings is 2. The van der Waals surface area contributed by atoms with E-state index >= 15 is 0 Å². The number of carbonyl (C=O) groups excluding carboxylic acids is 1. The molecule has 2 aromatic carbocycles. The SMILES string of the molecule is COC(=O)C(OO)(c1ccc(Cl)cc1)c1ccc(Cl)cc1. The molecule has 0 heterocycles. The van der Waals surface area contributed by atoms with Crippen LogP contribution in [0.2, 0.25) is 10.0 Å². The number of carbonyl (C=O) groups is 1. The molecule has 0 amide bonds. The van der Waals surface area contributed by atoms with Gasteiger partial charge in [0.15, 0.2) is 0 Å². The molecule has 0 atom stereocenters. The predicted molar refractivity (Wildman–Crippen MR) is 79.4 cm³/mol. The number of hydrogen-bond donors (Lipinski definition) is 1. The molecule has 1 N–H and O–H groups in total. The van der Waals surface area contributed by atoms with Crippen molar-refractivity contribution in [1.29, 1.82) is 0 Å². The van der Waals surface area contributed by atoms with E-state index in [2.05, 4.69) is 4.89 Å². The highest BCUT2D eigenvalue weighted by Gasteiger charge is 2.46. The molecule has 0 aliphatic rings. The van der Waals surface area contributed by atoms with Crippen molar-refractivity contribution >= 4 is 29.2 Å². The van der Waals surface area contributed by atoms with Gasteiger partial charge in [-0.15, -0.1) is 0 Å². The normalized spacial score (nSPS) is 11.2. The fraction of sp³-hybridized carbons (Fsp3) is 0.133. The second-order valence-corrected chi connectivity index (χ2v) is 5.15. The van der Waals surface area contributed by atoms with Gasteiger partial charge in [0, 0.05) is 21.2 Å². The Hall–Kier alpha value is -1.59. The van der Waals surface area contributed by atoms with Crippen molar-refractivity contribution < 1.29 is 19.7 Å². The van der Waals surface area contributed by atoms with E-state index in [-0.39, 0.29) is 0 Å². The van der Waals surface area contributed by atoms with Crippen LogP contribution < -0.4 is 0 Å². The van der Waals surface area contributed by atoms with Gasteiger partial charge < -0.3 is 4.74 Å². The van der Waals surface area contributed by atoms with E-state index in [0.29, 0.717) is 21.2 Å². The number of halogens is 2. The molecule has 0 radical (unpaired) electrons. The van der Waals surface area contributed by atoms with Crippen molar-refractivity contribution in [3.63, 3.8) is 0 Å². The van der Waals surface area contributed by atoms with Crippen LogP contribution in [-0.2, 0) is 20.0 Å². The summed E-state index contributed by atoms with van der Waals surface area (Å²) in [5, 5.41) is 10.4. The number of rotatable bonds is 4. The maximum Gasteiger partial charge on any atom is 0.351 e. The maximum atomic E-state index is 12.3. The molecule has 110 valence electrons. The minimum atomic E-state index is -1.80. The van der Waals surface area contributed by atoms with Gasteiger partial charge in [-0.2, -0.15) is 0 Å². The molecule has 2 aromatic rings. The first-order valence-electron chi connectivity index (χ1n) is 5.97. The zero-order valence-electron chi connectivity index (χ0n) is 11.0. The molecule has 4 nitrogen and oxygen atoms in total. The smallest absolute Gasteiger partial charge is 0.351 e. The third-order valence-electron chi connectivity index (χ3n) is 3.11. The summed E-state index contributed by atoms with van der Waals surface area (Å²) in [6.45, 7) is 0. The molecule has 0 saturated heterocycles. The lowest BCUT2D eigenvalue weighted by Crippen LogP contribution is -2.40. The molecule has 6 heteroatoms. The van der Waals surface area contributed by atoms with Crippen LogP contribution in [0, 0.1) is 0 Å². The van der Waals surface area contributed by atoms with E-state index in [4.69, 9.17) is 27.9 Å². The van der Waals surface area contributed by atoms with Crippen molar-refractivity contribution in [2.75, 3.05) is 7.11 Å². The summed E-state index contributed by atoms with van der Waals surface area (Å²) in [6, 6.07) is 12.6. The molecule has 0 saturated carbocycles. The van der Waals surface area contributed by atoms with E-state index in [0.717, 1.165) is 0 Å². The summed E-state index contributed by atoms with van der Waals surface area (Å²) in [4.78, 5) is 16.8. The Morgan fingerprint density at radius 2 is 1.33 bits per heavy atom.